The molecule has 0 radical (unpaired) electrons. The van der Waals surface area contributed by atoms with E-state index in [1.54, 1.807) is 6.92 Å². The molecule has 0 fully saturated rings. The highest BCUT2D eigenvalue weighted by Gasteiger charge is 2.44. The Kier molecular flexibility index (Phi) is 2.05. The molecule has 0 unspecified atom stereocenters. The quantitative estimate of drug-likeness (QED) is 0.727. The van der Waals surface area contributed by atoms with E-state index in [1.165, 1.54) is 6.92 Å². The summed E-state index contributed by atoms with van der Waals surface area (Å²) in [6.07, 6.45) is 0. The standard InChI is InChI=1S/C15H14O4/c1-6-5-8-14(19-15(8,3)4)10-9(6)13(18)12(17)7(2)11(10)16/h5,16H,1-4H3. The Morgan fingerprint density at radius 2 is 1.74 bits per heavy atom. The largest absolute Gasteiger partial charge is 0.507 e. The van der Waals surface area contributed by atoms with Crippen molar-refractivity contribution in [1.29, 1.82) is 0 Å². The van der Waals surface area contributed by atoms with Crippen LogP contribution in [0.2, 0.25) is 0 Å². The molecule has 98 valence electrons. The minimum atomic E-state index is -0.647. The van der Waals surface area contributed by atoms with Crippen LogP contribution in [0.5, 0.6) is 5.75 Å². The van der Waals surface area contributed by atoms with Crippen LogP contribution in [0.25, 0.3) is 5.76 Å². The zero-order valence-corrected chi connectivity index (χ0v) is 11.2. The Balaban J connectivity index is 2.41. The van der Waals surface area contributed by atoms with Gasteiger partial charge in [0.25, 0.3) is 0 Å². The van der Waals surface area contributed by atoms with Gasteiger partial charge >= 0.3 is 0 Å². The summed E-state index contributed by atoms with van der Waals surface area (Å²) in [5.74, 6) is -0.844. The van der Waals surface area contributed by atoms with E-state index in [-0.39, 0.29) is 16.9 Å². The number of aryl methyl sites for hydroxylation is 1. The lowest BCUT2D eigenvalue weighted by Gasteiger charge is -2.41. The fourth-order valence-electron chi connectivity index (χ4n) is 2.71. The lowest BCUT2D eigenvalue weighted by molar-refractivity contribution is -0.111. The molecule has 4 nitrogen and oxygen atoms in total. The molecule has 0 saturated carbocycles. The van der Waals surface area contributed by atoms with Crippen molar-refractivity contribution in [3.8, 4) is 5.75 Å². The fourth-order valence-corrected chi connectivity index (χ4v) is 2.71. The number of allylic oxidation sites excluding steroid dienone is 1. The first-order chi connectivity index (χ1) is 8.75. The maximum absolute atomic E-state index is 12.1. The van der Waals surface area contributed by atoms with Crippen molar-refractivity contribution in [2.45, 2.75) is 33.3 Å². The van der Waals surface area contributed by atoms with E-state index in [0.29, 0.717) is 16.9 Å². The number of carbonyl (C=O) groups excluding carboxylic acids is 2. The second-order valence-corrected chi connectivity index (χ2v) is 5.56. The minimum absolute atomic E-state index is 0.0820. The highest BCUT2D eigenvalue weighted by molar-refractivity contribution is 6.52. The van der Waals surface area contributed by atoms with Gasteiger partial charge in [0.1, 0.15) is 17.1 Å². The molecule has 0 saturated heterocycles. The molecule has 1 heterocycles. The number of aliphatic hydroxyl groups excluding tert-OH is 1. The zero-order valence-electron chi connectivity index (χ0n) is 11.2. The van der Waals surface area contributed by atoms with Gasteiger partial charge in [-0.15, -0.1) is 0 Å². The normalized spacial score (nSPS) is 19.6. The molecular weight excluding hydrogens is 244 g/mol. The Bertz CT molecular complexity index is 693. The smallest absolute Gasteiger partial charge is 0.234 e. The van der Waals surface area contributed by atoms with Crippen molar-refractivity contribution in [3.63, 3.8) is 0 Å². The molecule has 1 N–H and O–H groups in total. The Hall–Kier alpha value is -2.10. The van der Waals surface area contributed by atoms with E-state index in [2.05, 4.69) is 0 Å². The number of rotatable bonds is 0. The maximum Gasteiger partial charge on any atom is 0.234 e. The van der Waals surface area contributed by atoms with Crippen LogP contribution in [0.3, 0.4) is 0 Å². The zero-order chi connectivity index (χ0) is 14.1. The van der Waals surface area contributed by atoms with Crippen molar-refractivity contribution in [1.82, 2.24) is 0 Å². The summed E-state index contributed by atoms with van der Waals surface area (Å²) in [6, 6.07) is 1.86. The van der Waals surface area contributed by atoms with Crippen molar-refractivity contribution in [3.05, 3.63) is 33.9 Å². The molecule has 1 aliphatic heterocycles. The van der Waals surface area contributed by atoms with Gasteiger partial charge in [0.2, 0.25) is 11.6 Å². The second-order valence-electron chi connectivity index (χ2n) is 5.56. The van der Waals surface area contributed by atoms with Gasteiger partial charge in [-0.3, -0.25) is 9.59 Å². The van der Waals surface area contributed by atoms with Crippen LogP contribution < -0.4 is 4.74 Å². The molecule has 0 atom stereocenters. The number of aliphatic hydroxyl groups is 1. The molecule has 0 bridgehead atoms. The van der Waals surface area contributed by atoms with Crippen LogP contribution in [0.4, 0.5) is 0 Å². The molecule has 1 aromatic rings. The highest BCUT2D eigenvalue weighted by Crippen LogP contribution is 2.51. The van der Waals surface area contributed by atoms with Crippen LogP contribution in [0.1, 0.15) is 47.8 Å². The number of hydrogen-bond donors (Lipinski definition) is 1. The van der Waals surface area contributed by atoms with Gasteiger partial charge in [-0.25, -0.2) is 0 Å². The van der Waals surface area contributed by atoms with Crippen molar-refractivity contribution in [2.75, 3.05) is 0 Å². The van der Waals surface area contributed by atoms with E-state index in [1.807, 2.05) is 19.9 Å². The fraction of sp³-hybridized carbons (Fsp3) is 0.333. The lowest BCUT2D eigenvalue weighted by atomic mass is 9.79. The number of carbonyl (C=O) groups is 2. The van der Waals surface area contributed by atoms with Gasteiger partial charge in [-0.1, -0.05) is 0 Å². The first-order valence-electron chi connectivity index (χ1n) is 6.12. The van der Waals surface area contributed by atoms with Crippen molar-refractivity contribution < 1.29 is 19.4 Å². The number of benzene rings is 1. The molecular formula is C15H14O4. The lowest BCUT2D eigenvalue weighted by Crippen LogP contribution is -2.38. The molecule has 4 heteroatoms. The van der Waals surface area contributed by atoms with Gasteiger partial charge in [0, 0.05) is 16.7 Å². The minimum Gasteiger partial charge on any atom is -0.507 e. The van der Waals surface area contributed by atoms with Gasteiger partial charge in [-0.2, -0.15) is 0 Å². The number of fused-ring (bicyclic) bond motifs is 3. The third-order valence-corrected chi connectivity index (χ3v) is 3.85. The molecule has 2 aliphatic rings. The van der Waals surface area contributed by atoms with Crippen LogP contribution >= 0.6 is 0 Å². The van der Waals surface area contributed by atoms with E-state index >= 15 is 0 Å². The Morgan fingerprint density at radius 1 is 1.11 bits per heavy atom. The summed E-state index contributed by atoms with van der Waals surface area (Å²) in [7, 11) is 0. The third kappa shape index (κ3) is 1.28. The van der Waals surface area contributed by atoms with Gasteiger partial charge in [0.15, 0.2) is 0 Å². The summed E-state index contributed by atoms with van der Waals surface area (Å²) in [5, 5.41) is 10.2. The van der Waals surface area contributed by atoms with E-state index in [4.69, 9.17) is 4.74 Å². The summed E-state index contributed by atoms with van der Waals surface area (Å²) in [4.78, 5) is 23.9. The second kappa shape index (κ2) is 3.26. The number of hydrogen-bond acceptors (Lipinski definition) is 4. The van der Waals surface area contributed by atoms with Gasteiger partial charge in [0.05, 0.1) is 5.56 Å². The summed E-state index contributed by atoms with van der Waals surface area (Å²) >= 11 is 0. The summed E-state index contributed by atoms with van der Waals surface area (Å²) in [6.45, 7) is 7.07. The van der Waals surface area contributed by atoms with Crippen LogP contribution in [-0.2, 0) is 10.4 Å². The van der Waals surface area contributed by atoms with Gasteiger partial charge < -0.3 is 9.84 Å². The Morgan fingerprint density at radius 3 is 2.32 bits per heavy atom. The molecule has 0 spiro atoms. The predicted molar refractivity (Wildman–Crippen MR) is 69.4 cm³/mol. The van der Waals surface area contributed by atoms with Crippen molar-refractivity contribution in [2.24, 2.45) is 0 Å². The SMILES string of the molecule is CC1=C(O)c2c3c(cc(C)c2C(=O)C1=O)C(C)(C)O3. The first-order valence-corrected chi connectivity index (χ1v) is 6.12. The average molecular weight is 258 g/mol. The van der Waals surface area contributed by atoms with Crippen LogP contribution in [0.15, 0.2) is 11.6 Å². The summed E-state index contributed by atoms with van der Waals surface area (Å²) in [5.41, 5.74) is 1.94. The van der Waals surface area contributed by atoms with E-state index in [9.17, 15) is 14.7 Å². The Labute approximate surface area is 110 Å². The maximum atomic E-state index is 12.1. The highest BCUT2D eigenvalue weighted by atomic mass is 16.5. The first kappa shape index (κ1) is 12.0. The predicted octanol–water partition coefficient (Wildman–Crippen LogP) is 2.68. The average Bonchev–Trinajstić information content (AvgIpc) is 2.34. The molecule has 1 aromatic carbocycles. The van der Waals surface area contributed by atoms with E-state index in [0.717, 1.165) is 5.56 Å². The van der Waals surface area contributed by atoms with Gasteiger partial charge in [-0.05, 0) is 39.3 Å². The number of ether oxygens (including phenoxy) is 1. The number of Topliss-reactive ketones (excluding diaryl/α,β-unsaturated/α-hetero) is 2. The molecule has 3 rings (SSSR count). The molecule has 0 aromatic heterocycles. The van der Waals surface area contributed by atoms with Crippen molar-refractivity contribution >= 4 is 17.3 Å². The third-order valence-electron chi connectivity index (χ3n) is 3.85. The molecule has 1 aliphatic carbocycles. The van der Waals surface area contributed by atoms with Crippen LogP contribution in [0, 0.1) is 6.92 Å². The summed E-state index contributed by atoms with van der Waals surface area (Å²) < 4.78 is 5.67. The molecule has 19 heavy (non-hydrogen) atoms. The monoisotopic (exact) mass is 258 g/mol. The van der Waals surface area contributed by atoms with E-state index < -0.39 is 17.2 Å². The molecule has 0 amide bonds. The number of ketones is 2. The van der Waals surface area contributed by atoms with Crippen LogP contribution in [-0.4, -0.2) is 16.7 Å². The topological polar surface area (TPSA) is 63.6 Å².